The molecule has 5 fully saturated rings. The number of ketones is 1. The van der Waals surface area contributed by atoms with Crippen molar-refractivity contribution < 1.29 is 136 Å². The van der Waals surface area contributed by atoms with Gasteiger partial charge in [-0.2, -0.15) is 0 Å². The summed E-state index contributed by atoms with van der Waals surface area (Å²) in [5.41, 5.74) is -7.53. The molecule has 0 aromatic heterocycles. The van der Waals surface area contributed by atoms with Crippen molar-refractivity contribution in [3.05, 3.63) is 148 Å². The quantitative estimate of drug-likeness (QED) is 0.0453. The minimum absolute atomic E-state index is 0. The average Bonchev–Trinajstić information content (AvgIpc) is 1.08. The number of Topliss-reactive ketones (excluding diaryl/α,β-unsaturated/α-hetero) is 1. The van der Waals surface area contributed by atoms with Gasteiger partial charge in [0.1, 0.15) is 47.9 Å². The summed E-state index contributed by atoms with van der Waals surface area (Å²) in [5, 5.41) is 50.7. The Kier molecular flexibility index (Phi) is 20.9. The van der Waals surface area contributed by atoms with Gasteiger partial charge in [-0.1, -0.05) is 93.6 Å². The van der Waals surface area contributed by atoms with E-state index in [1.807, 2.05) is 13.0 Å². The van der Waals surface area contributed by atoms with Gasteiger partial charge in [0.25, 0.3) is 5.91 Å². The van der Waals surface area contributed by atoms with E-state index in [9.17, 15) is 58.8 Å². The fourth-order valence-electron chi connectivity index (χ4n) is 17.2. The summed E-state index contributed by atoms with van der Waals surface area (Å²) < 4.78 is 50.1. The molecule has 0 unspecified atom stereocenters. The van der Waals surface area contributed by atoms with Gasteiger partial charge in [-0.05, 0) is 128 Å². The Morgan fingerprint density at radius 3 is 1.99 bits per heavy atom. The van der Waals surface area contributed by atoms with Gasteiger partial charge in [-0.3, -0.25) is 33.6 Å². The smallest absolute Gasteiger partial charge is 0.550 e. The molecule has 1 aliphatic heterocycles. The fourth-order valence-corrected chi connectivity index (χ4v) is 17.2. The number of amides is 1. The molecule has 1 heterocycles. The van der Waals surface area contributed by atoms with Crippen molar-refractivity contribution in [3.63, 3.8) is 0 Å². The second-order valence-electron chi connectivity index (χ2n) is 27.7. The standard InChI is InChI=1S/C73H81NO22.Na/c1-38-49(36-73(88)65(95-67(86)43-21-15-10-16-22-43)63-71(7,64(84)61(90-39(2)75)59(38)69(73,4)5)52(93-56(82)30-29-54(79)80)34-53-72(63,37-89-53)96-40(3)76)92-68(87)62(60(41-17-11-8-12-18-41)74-66(85)42-19-13-9-14-20-42)94-57(83)32-31-55(81)91-50-35-70(6)48(27-28-51(70)78)47-25-23-44-33-45(77)24-26-46(44)58(47)50;/h8-22,24,26,33,47-53,58,60-63,65,77-78,88H,23,25,27-32,34-37H2,1-7H3,(H,74,85)(H,79,80);/q;+1/p-1/t47-,48-,49-,50+,51-,52-,53+,58+,60-,61+,62+,63-,65-,70-,71+,72-,73+;/m0./s1. The normalized spacial score (nSPS) is 31.6. The van der Waals surface area contributed by atoms with Crippen LogP contribution in [0.5, 0.6) is 5.75 Å². The first-order valence-corrected chi connectivity index (χ1v) is 32.6. The monoisotopic (exact) mass is 1350 g/mol. The molecule has 24 heteroatoms. The molecule has 4 aromatic carbocycles. The predicted molar refractivity (Wildman–Crippen MR) is 333 cm³/mol. The molecule has 510 valence electrons. The second kappa shape index (κ2) is 28.2. The summed E-state index contributed by atoms with van der Waals surface area (Å²) in [4.78, 5) is 143. The summed E-state index contributed by atoms with van der Waals surface area (Å²) >= 11 is 0. The van der Waals surface area contributed by atoms with Gasteiger partial charge in [-0.25, -0.2) is 9.59 Å². The number of benzene rings is 4. The number of aliphatic hydroxyl groups excluding tert-OH is 1. The number of nitrogens with one attached hydrogen (secondary N) is 1. The van der Waals surface area contributed by atoms with Crippen molar-refractivity contribution in [3.8, 4) is 5.75 Å². The van der Waals surface area contributed by atoms with Crippen LogP contribution in [0.1, 0.15) is 162 Å². The third-order valence-electron chi connectivity index (χ3n) is 21.9. The van der Waals surface area contributed by atoms with Crippen molar-refractivity contribution in [2.24, 2.45) is 34.0 Å². The van der Waals surface area contributed by atoms with E-state index in [4.69, 9.17) is 37.9 Å². The Morgan fingerprint density at radius 2 is 1.36 bits per heavy atom. The molecule has 11 rings (SSSR count). The molecule has 4 N–H and O–H groups in total. The number of hydrogen-bond acceptors (Lipinski definition) is 22. The molecule has 4 saturated carbocycles. The van der Waals surface area contributed by atoms with Gasteiger partial charge >= 0.3 is 71.3 Å². The summed E-state index contributed by atoms with van der Waals surface area (Å²) in [6, 6.07) is 27.0. The maximum Gasteiger partial charge on any atom is 1.00 e. The Labute approximate surface area is 582 Å². The molecule has 6 aliphatic carbocycles. The van der Waals surface area contributed by atoms with Crippen LogP contribution < -0.4 is 40.0 Å². The number of hydrogen-bond donors (Lipinski definition) is 4. The van der Waals surface area contributed by atoms with Crippen LogP contribution in [0.2, 0.25) is 0 Å². The summed E-state index contributed by atoms with van der Waals surface area (Å²) in [6.45, 7) is 9.34. The number of esters is 7. The van der Waals surface area contributed by atoms with E-state index in [-0.39, 0.29) is 80.9 Å². The molecule has 23 nitrogen and oxygen atoms in total. The van der Waals surface area contributed by atoms with E-state index in [2.05, 4.69) is 5.32 Å². The van der Waals surface area contributed by atoms with E-state index in [1.165, 1.54) is 64.1 Å². The van der Waals surface area contributed by atoms with Gasteiger partial charge in [0.15, 0.2) is 17.5 Å². The van der Waals surface area contributed by atoms with E-state index in [0.29, 0.717) is 19.3 Å². The van der Waals surface area contributed by atoms with Crippen LogP contribution in [0.3, 0.4) is 0 Å². The molecule has 1 saturated heterocycles. The number of carboxylic acids is 1. The summed E-state index contributed by atoms with van der Waals surface area (Å²) in [7, 11) is 0. The third kappa shape index (κ3) is 13.4. The Balaban J connectivity index is 0.0000102. The number of aliphatic hydroxyl groups is 2. The number of ether oxygens (including phenoxy) is 8. The van der Waals surface area contributed by atoms with Crippen LogP contribution in [0, 0.1) is 34.0 Å². The molecular weight excluding hydrogens is 1270 g/mol. The molecular formula is C73H80NNaO22. The summed E-state index contributed by atoms with van der Waals surface area (Å²) in [5.74, 6) is -12.6. The van der Waals surface area contributed by atoms with Crippen molar-refractivity contribution in [1.29, 1.82) is 0 Å². The number of phenols is 1. The van der Waals surface area contributed by atoms with Gasteiger partial charge in [-0.15, -0.1) is 0 Å². The van der Waals surface area contributed by atoms with Gasteiger partial charge in [0, 0.05) is 55.0 Å². The fraction of sp³-hybridized carbons (Fsp3) is 0.507. The number of aryl methyl sites for hydroxylation is 1. The first-order valence-electron chi connectivity index (χ1n) is 32.6. The molecule has 1 amide bonds. The zero-order chi connectivity index (χ0) is 69.0. The average molecular weight is 1350 g/mol. The van der Waals surface area contributed by atoms with Gasteiger partial charge < -0.3 is 68.4 Å². The first kappa shape index (κ1) is 72.0. The number of carbonyl (C=O) groups excluding carboxylic acids is 10. The summed E-state index contributed by atoms with van der Waals surface area (Å²) in [6.07, 6.45) is -13.2. The predicted octanol–water partition coefficient (Wildman–Crippen LogP) is 3.30. The van der Waals surface area contributed by atoms with E-state index >= 15 is 9.59 Å². The minimum Gasteiger partial charge on any atom is -0.550 e. The molecule has 2 bridgehead atoms. The zero-order valence-electron chi connectivity index (χ0n) is 55.5. The van der Waals surface area contributed by atoms with Crippen LogP contribution in [-0.4, -0.2) is 141 Å². The molecule has 7 aliphatic rings. The first-order chi connectivity index (χ1) is 45.5. The number of carbonyl (C=O) groups is 10. The number of aliphatic carboxylic acids is 1. The molecule has 4 aromatic rings. The SMILES string of the molecule is CC(=O)O[C@H]1C(=O)[C@]2(C)[C@@H](OC(=O)CCC(=O)[O-])C[C@H]3OC[C@@]3(OC(C)=O)[C@H]2[C@H](OC(=O)c2ccccc2)[C@]2(O)C[C@H](OC(=O)[C@H](OC(=O)CCC(=O)O[C@@H]3C[C@]4(C)[C@@H](O)CC[C@H]4[C@@H]4CCc5cc(O)ccc5[C@H]43)[C@@H](NC(=O)c3ccccc3)c3ccccc3)C(C)=C1C2(C)C.[Na+]. The van der Waals surface area contributed by atoms with Gasteiger partial charge in [0.05, 0.1) is 48.9 Å². The van der Waals surface area contributed by atoms with Crippen molar-refractivity contribution in [2.75, 3.05) is 6.61 Å². The molecule has 0 spiro atoms. The largest absolute Gasteiger partial charge is 1.00 e. The number of aromatic hydroxyl groups is 1. The Hall–Kier alpha value is -7.80. The second-order valence-corrected chi connectivity index (χ2v) is 27.7. The van der Waals surface area contributed by atoms with Crippen LogP contribution in [0.25, 0.3) is 0 Å². The van der Waals surface area contributed by atoms with Gasteiger partial charge in [0.2, 0.25) is 6.10 Å². The third-order valence-corrected chi connectivity index (χ3v) is 21.9. The topological polar surface area (TPSA) is 340 Å². The van der Waals surface area contributed by atoms with Crippen LogP contribution in [0.15, 0.2) is 120 Å². The number of rotatable bonds is 19. The van der Waals surface area contributed by atoms with Crippen molar-refractivity contribution in [1.82, 2.24) is 5.32 Å². The maximum atomic E-state index is 16.5. The Bertz CT molecular complexity index is 3770. The van der Waals surface area contributed by atoms with Crippen molar-refractivity contribution in [2.45, 2.75) is 191 Å². The molecule has 17 atom stereocenters. The molecule has 97 heavy (non-hydrogen) atoms. The van der Waals surface area contributed by atoms with Crippen LogP contribution >= 0.6 is 0 Å². The molecule has 0 radical (unpaired) electrons. The minimum atomic E-state index is -2.67. The van der Waals surface area contributed by atoms with E-state index in [1.54, 1.807) is 66.7 Å². The number of carboxylic acid groups (broad SMARTS) is 1. The van der Waals surface area contributed by atoms with E-state index in [0.717, 1.165) is 37.8 Å². The maximum absolute atomic E-state index is 16.5. The van der Waals surface area contributed by atoms with E-state index < -0.39 is 193 Å². The zero-order valence-corrected chi connectivity index (χ0v) is 57.5. The van der Waals surface area contributed by atoms with Crippen molar-refractivity contribution >= 4 is 59.4 Å². The number of phenolic OH excluding ortho intramolecular Hbond substituents is 1. The Morgan fingerprint density at radius 1 is 0.732 bits per heavy atom. The van der Waals surface area contributed by atoms with Crippen LogP contribution in [0.4, 0.5) is 0 Å². The number of fused-ring (bicyclic) bond motifs is 10. The van der Waals surface area contributed by atoms with Crippen LogP contribution in [-0.2, 0) is 82.7 Å².